The molecule has 100 valence electrons. The largest absolute Gasteiger partial charge is 0.329 e. The molecule has 2 unspecified atom stereocenters. The smallest absolute Gasteiger partial charge is 0.129 e. The fourth-order valence-corrected chi connectivity index (χ4v) is 3.98. The summed E-state index contributed by atoms with van der Waals surface area (Å²) in [6, 6.07) is 0.151. The van der Waals surface area contributed by atoms with E-state index in [2.05, 4.69) is 32.3 Å². The monoisotopic (exact) mass is 312 g/mol. The number of hydrogen-bond acceptors (Lipinski definition) is 3. The highest BCUT2D eigenvalue weighted by molar-refractivity contribution is 9.10. The van der Waals surface area contributed by atoms with Crippen LogP contribution in [0, 0.1) is 0 Å². The van der Waals surface area contributed by atoms with Crippen LogP contribution in [0.3, 0.4) is 0 Å². The second kappa shape index (κ2) is 4.94. The molecule has 0 bridgehead atoms. The van der Waals surface area contributed by atoms with Gasteiger partial charge in [-0.15, -0.1) is 0 Å². The minimum atomic E-state index is 0.151. The van der Waals surface area contributed by atoms with Gasteiger partial charge in [-0.1, -0.05) is 6.92 Å². The van der Waals surface area contributed by atoms with Gasteiger partial charge >= 0.3 is 0 Å². The first-order chi connectivity index (χ1) is 8.70. The second-order valence-corrected chi connectivity index (χ2v) is 6.18. The first kappa shape index (κ1) is 12.6. The summed E-state index contributed by atoms with van der Waals surface area (Å²) in [6.07, 6.45) is 3.48. The lowest BCUT2D eigenvalue weighted by Gasteiger charge is -2.24. The van der Waals surface area contributed by atoms with Crippen LogP contribution in [0.5, 0.6) is 0 Å². The Morgan fingerprint density at radius 2 is 2.22 bits per heavy atom. The third-order valence-electron chi connectivity index (χ3n) is 4.32. The standard InChI is InChI=1S/C13H21BrN4/c1-2-17-7-5-9(8-17)13-16-12(14)11-10(15)4-3-6-18(11)13/h9-10H,2-8,15H2,1H3. The fraction of sp³-hybridized carbons (Fsp3) is 0.769. The number of rotatable bonds is 2. The zero-order valence-electron chi connectivity index (χ0n) is 10.9. The lowest BCUT2D eigenvalue weighted by atomic mass is 10.0. The van der Waals surface area contributed by atoms with Crippen molar-refractivity contribution in [3.8, 4) is 0 Å². The number of imidazole rings is 1. The molecule has 0 saturated carbocycles. The number of nitrogens with two attached hydrogens (primary N) is 1. The summed E-state index contributed by atoms with van der Waals surface area (Å²) >= 11 is 3.60. The van der Waals surface area contributed by atoms with Crippen LogP contribution in [-0.2, 0) is 6.54 Å². The number of hydrogen-bond donors (Lipinski definition) is 1. The molecule has 0 aliphatic carbocycles. The van der Waals surface area contributed by atoms with E-state index in [0.29, 0.717) is 5.92 Å². The van der Waals surface area contributed by atoms with Crippen LogP contribution in [0.4, 0.5) is 0 Å². The van der Waals surface area contributed by atoms with Crippen LogP contribution >= 0.6 is 15.9 Å². The van der Waals surface area contributed by atoms with Gasteiger partial charge < -0.3 is 15.2 Å². The molecule has 1 aromatic rings. The molecule has 2 atom stereocenters. The van der Waals surface area contributed by atoms with E-state index in [1.54, 1.807) is 0 Å². The zero-order valence-corrected chi connectivity index (χ0v) is 12.5. The Kier molecular flexibility index (Phi) is 3.47. The van der Waals surface area contributed by atoms with E-state index in [9.17, 15) is 0 Å². The minimum absolute atomic E-state index is 0.151. The van der Waals surface area contributed by atoms with Crippen molar-refractivity contribution < 1.29 is 0 Å². The highest BCUT2D eigenvalue weighted by Crippen LogP contribution is 2.35. The molecule has 1 saturated heterocycles. The van der Waals surface area contributed by atoms with Gasteiger partial charge in [0.2, 0.25) is 0 Å². The second-order valence-electron chi connectivity index (χ2n) is 5.43. The molecular weight excluding hydrogens is 292 g/mol. The maximum absolute atomic E-state index is 6.21. The maximum atomic E-state index is 6.21. The highest BCUT2D eigenvalue weighted by Gasteiger charge is 2.31. The predicted octanol–water partition coefficient (Wildman–Crippen LogP) is 2.25. The lowest BCUT2D eigenvalue weighted by Crippen LogP contribution is -2.24. The lowest BCUT2D eigenvalue weighted by molar-refractivity contribution is 0.350. The van der Waals surface area contributed by atoms with Crippen LogP contribution in [-0.4, -0.2) is 34.1 Å². The first-order valence-electron chi connectivity index (χ1n) is 6.94. The Balaban J connectivity index is 1.92. The van der Waals surface area contributed by atoms with Gasteiger partial charge in [-0.05, 0) is 48.3 Å². The molecule has 0 spiro atoms. The molecule has 4 nitrogen and oxygen atoms in total. The molecule has 1 fully saturated rings. The molecule has 5 heteroatoms. The third kappa shape index (κ3) is 2.02. The van der Waals surface area contributed by atoms with E-state index in [4.69, 9.17) is 10.7 Å². The maximum Gasteiger partial charge on any atom is 0.129 e. The van der Waals surface area contributed by atoms with Gasteiger partial charge in [-0.3, -0.25) is 0 Å². The van der Waals surface area contributed by atoms with Crippen LogP contribution < -0.4 is 5.73 Å². The Morgan fingerprint density at radius 3 is 2.94 bits per heavy atom. The molecule has 2 aliphatic heterocycles. The van der Waals surface area contributed by atoms with Gasteiger partial charge in [0.1, 0.15) is 10.4 Å². The van der Waals surface area contributed by atoms with Gasteiger partial charge in [0.05, 0.1) is 5.69 Å². The van der Waals surface area contributed by atoms with Crippen LogP contribution in [0.1, 0.15) is 49.7 Å². The Morgan fingerprint density at radius 1 is 1.39 bits per heavy atom. The van der Waals surface area contributed by atoms with E-state index in [-0.39, 0.29) is 6.04 Å². The van der Waals surface area contributed by atoms with Gasteiger partial charge in [-0.2, -0.15) is 0 Å². The number of halogens is 1. The summed E-state index contributed by atoms with van der Waals surface area (Å²) in [5.41, 5.74) is 7.43. The predicted molar refractivity (Wildman–Crippen MR) is 75.6 cm³/mol. The summed E-state index contributed by atoms with van der Waals surface area (Å²) in [4.78, 5) is 7.27. The first-order valence-corrected chi connectivity index (χ1v) is 7.73. The van der Waals surface area contributed by atoms with Crippen molar-refractivity contribution in [2.24, 2.45) is 5.73 Å². The van der Waals surface area contributed by atoms with E-state index in [1.807, 2.05) is 0 Å². The summed E-state index contributed by atoms with van der Waals surface area (Å²) < 4.78 is 3.35. The van der Waals surface area contributed by atoms with Gasteiger partial charge in [0.25, 0.3) is 0 Å². The molecule has 0 aromatic carbocycles. The van der Waals surface area contributed by atoms with Crippen LogP contribution in [0.15, 0.2) is 4.60 Å². The SMILES string of the molecule is CCN1CCC(c2nc(Br)c3n2CCCC3N)C1. The van der Waals surface area contributed by atoms with Crippen molar-refractivity contribution in [2.45, 2.75) is 44.7 Å². The van der Waals surface area contributed by atoms with E-state index >= 15 is 0 Å². The average molecular weight is 313 g/mol. The molecule has 3 rings (SSSR count). The summed E-state index contributed by atoms with van der Waals surface area (Å²) in [5.74, 6) is 1.84. The van der Waals surface area contributed by atoms with Crippen LogP contribution in [0.25, 0.3) is 0 Å². The molecule has 3 heterocycles. The van der Waals surface area contributed by atoms with Gasteiger partial charge in [-0.25, -0.2) is 4.98 Å². The quantitative estimate of drug-likeness (QED) is 0.911. The highest BCUT2D eigenvalue weighted by atomic mass is 79.9. The Labute approximate surface area is 117 Å². The third-order valence-corrected chi connectivity index (χ3v) is 4.91. The normalized spacial score (nSPS) is 28.6. The fourth-order valence-electron chi connectivity index (χ4n) is 3.29. The number of likely N-dealkylation sites (N-methyl/N-ethyl adjacent to an activating group) is 1. The molecule has 2 aliphatic rings. The number of nitrogens with zero attached hydrogens (tertiary/aromatic N) is 3. The van der Waals surface area contributed by atoms with E-state index < -0.39 is 0 Å². The van der Waals surface area contributed by atoms with Crippen LogP contribution in [0.2, 0.25) is 0 Å². The van der Waals surface area contributed by atoms with Crippen molar-refractivity contribution in [3.63, 3.8) is 0 Å². The van der Waals surface area contributed by atoms with Crippen molar-refractivity contribution in [1.82, 2.24) is 14.5 Å². The van der Waals surface area contributed by atoms with Crippen molar-refractivity contribution in [2.75, 3.05) is 19.6 Å². The minimum Gasteiger partial charge on any atom is -0.329 e. The molecule has 1 aromatic heterocycles. The number of likely N-dealkylation sites (tertiary alicyclic amines) is 1. The molecule has 2 N–H and O–H groups in total. The van der Waals surface area contributed by atoms with Crippen molar-refractivity contribution in [1.29, 1.82) is 0 Å². The number of aromatic nitrogens is 2. The van der Waals surface area contributed by atoms with Crippen molar-refractivity contribution in [3.05, 3.63) is 16.1 Å². The molecule has 18 heavy (non-hydrogen) atoms. The Hall–Kier alpha value is -0.390. The summed E-state index contributed by atoms with van der Waals surface area (Å²) in [7, 11) is 0. The van der Waals surface area contributed by atoms with Crippen molar-refractivity contribution >= 4 is 15.9 Å². The van der Waals surface area contributed by atoms with E-state index in [0.717, 1.165) is 30.7 Å². The molecular formula is C13H21BrN4. The average Bonchev–Trinajstić information content (AvgIpc) is 2.94. The summed E-state index contributed by atoms with van der Waals surface area (Å²) in [5, 5.41) is 0. The molecule has 0 radical (unpaired) electrons. The van der Waals surface area contributed by atoms with E-state index in [1.165, 1.54) is 30.9 Å². The molecule has 0 amide bonds. The topological polar surface area (TPSA) is 47.1 Å². The summed E-state index contributed by atoms with van der Waals surface area (Å²) in [6.45, 7) is 6.81. The van der Waals surface area contributed by atoms with Gasteiger partial charge in [0.15, 0.2) is 0 Å². The van der Waals surface area contributed by atoms with Gasteiger partial charge in [0, 0.05) is 25.0 Å². The zero-order chi connectivity index (χ0) is 12.7. The Bertz CT molecular complexity index is 442. The number of fused-ring (bicyclic) bond motifs is 1.